The number of rotatable bonds is 2. The first kappa shape index (κ1) is 14.6. The largest absolute Gasteiger partial charge is 0.274 e. The predicted molar refractivity (Wildman–Crippen MR) is 83.5 cm³/mol. The number of allylic oxidation sites excluding steroid dienone is 2. The molecule has 1 saturated heterocycles. The normalized spacial score (nSPS) is 28.1. The minimum absolute atomic E-state index is 0.125. The van der Waals surface area contributed by atoms with Crippen molar-refractivity contribution >= 4 is 40.7 Å². The highest BCUT2D eigenvalue weighted by Gasteiger charge is 2.51. The van der Waals surface area contributed by atoms with E-state index >= 15 is 0 Å². The molecule has 1 aliphatic heterocycles. The third-order valence-corrected chi connectivity index (χ3v) is 4.72. The second-order valence-corrected chi connectivity index (χ2v) is 6.38. The molecule has 3 unspecified atom stereocenters. The molecule has 5 heteroatoms. The van der Waals surface area contributed by atoms with Crippen molar-refractivity contribution in [2.45, 2.75) is 19.8 Å². The number of benzene rings is 1. The zero-order valence-electron chi connectivity index (χ0n) is 11.6. The Bertz CT molecular complexity index is 621. The minimum atomic E-state index is -0.259. The van der Waals surface area contributed by atoms with Gasteiger partial charge in [-0.3, -0.25) is 9.59 Å². The van der Waals surface area contributed by atoms with E-state index in [1.807, 2.05) is 13.0 Å². The van der Waals surface area contributed by atoms with Crippen molar-refractivity contribution in [2.24, 2.45) is 17.8 Å². The van der Waals surface area contributed by atoms with Crippen LogP contribution in [-0.2, 0) is 9.59 Å². The van der Waals surface area contributed by atoms with E-state index in [1.165, 1.54) is 4.90 Å². The van der Waals surface area contributed by atoms with Gasteiger partial charge in [0.05, 0.1) is 17.5 Å². The molecule has 0 bridgehead atoms. The SMILES string of the molecule is CCC1C=CCC2C(=O)N(c3cc(Cl)cc(Cl)c3)C(=O)C12. The van der Waals surface area contributed by atoms with Crippen LogP contribution in [0.25, 0.3) is 0 Å². The molecule has 0 radical (unpaired) electrons. The van der Waals surface area contributed by atoms with E-state index < -0.39 is 0 Å². The zero-order chi connectivity index (χ0) is 15.1. The van der Waals surface area contributed by atoms with E-state index in [4.69, 9.17) is 23.2 Å². The number of hydrogen-bond donors (Lipinski definition) is 0. The van der Waals surface area contributed by atoms with Crippen molar-refractivity contribution in [3.63, 3.8) is 0 Å². The number of carbonyl (C=O) groups excluding carboxylic acids is 2. The summed E-state index contributed by atoms with van der Waals surface area (Å²) in [6, 6.07) is 4.80. The lowest BCUT2D eigenvalue weighted by atomic mass is 9.76. The van der Waals surface area contributed by atoms with Gasteiger partial charge in [-0.1, -0.05) is 42.3 Å². The second-order valence-electron chi connectivity index (χ2n) is 5.51. The van der Waals surface area contributed by atoms with Crippen LogP contribution < -0.4 is 4.90 Å². The Morgan fingerprint density at radius 3 is 2.43 bits per heavy atom. The van der Waals surface area contributed by atoms with Crippen molar-refractivity contribution in [1.29, 1.82) is 0 Å². The van der Waals surface area contributed by atoms with Gasteiger partial charge in [-0.15, -0.1) is 0 Å². The summed E-state index contributed by atoms with van der Waals surface area (Å²) in [6.45, 7) is 2.04. The van der Waals surface area contributed by atoms with Crippen molar-refractivity contribution in [2.75, 3.05) is 4.90 Å². The monoisotopic (exact) mass is 323 g/mol. The Morgan fingerprint density at radius 2 is 1.81 bits per heavy atom. The molecule has 1 aromatic carbocycles. The summed E-state index contributed by atoms with van der Waals surface area (Å²) in [4.78, 5) is 26.6. The fourth-order valence-electron chi connectivity index (χ4n) is 3.31. The highest BCUT2D eigenvalue weighted by Crippen LogP contribution is 2.42. The summed E-state index contributed by atoms with van der Waals surface area (Å²) in [5, 5.41) is 0.830. The molecular formula is C16H15Cl2NO2. The van der Waals surface area contributed by atoms with Gasteiger partial charge in [0.25, 0.3) is 0 Å². The van der Waals surface area contributed by atoms with Gasteiger partial charge in [0, 0.05) is 10.0 Å². The average molecular weight is 324 g/mol. The number of anilines is 1. The van der Waals surface area contributed by atoms with Crippen LogP contribution in [0.1, 0.15) is 19.8 Å². The van der Waals surface area contributed by atoms with Crippen LogP contribution >= 0.6 is 23.2 Å². The Kier molecular flexibility index (Phi) is 3.80. The lowest BCUT2D eigenvalue weighted by Crippen LogP contribution is -2.31. The van der Waals surface area contributed by atoms with E-state index in [0.717, 1.165) is 6.42 Å². The molecule has 2 amide bonds. The van der Waals surface area contributed by atoms with Gasteiger partial charge in [0.1, 0.15) is 0 Å². The average Bonchev–Trinajstić information content (AvgIpc) is 2.70. The van der Waals surface area contributed by atoms with Gasteiger partial charge in [0.15, 0.2) is 0 Å². The smallest absolute Gasteiger partial charge is 0.238 e. The first-order valence-electron chi connectivity index (χ1n) is 7.03. The Balaban J connectivity index is 2.02. The lowest BCUT2D eigenvalue weighted by molar-refractivity contribution is -0.122. The molecule has 0 N–H and O–H groups in total. The lowest BCUT2D eigenvalue weighted by Gasteiger charge is -2.24. The highest BCUT2D eigenvalue weighted by atomic mass is 35.5. The number of nitrogens with zero attached hydrogens (tertiary/aromatic N) is 1. The van der Waals surface area contributed by atoms with Gasteiger partial charge in [0.2, 0.25) is 11.8 Å². The van der Waals surface area contributed by atoms with Crippen LogP contribution in [0.2, 0.25) is 10.0 Å². The van der Waals surface area contributed by atoms with E-state index in [9.17, 15) is 9.59 Å². The number of imide groups is 1. The maximum atomic E-state index is 12.7. The van der Waals surface area contributed by atoms with Crippen LogP contribution in [0.3, 0.4) is 0 Å². The van der Waals surface area contributed by atoms with Crippen molar-refractivity contribution in [1.82, 2.24) is 0 Å². The molecule has 3 rings (SSSR count). The second kappa shape index (κ2) is 5.47. The molecule has 3 atom stereocenters. The molecule has 110 valence electrons. The molecule has 1 aromatic rings. The zero-order valence-corrected chi connectivity index (χ0v) is 13.1. The summed E-state index contributed by atoms with van der Waals surface area (Å²) in [7, 11) is 0. The molecule has 0 aromatic heterocycles. The molecule has 1 aliphatic carbocycles. The highest BCUT2D eigenvalue weighted by molar-refractivity contribution is 6.35. The van der Waals surface area contributed by atoms with Gasteiger partial charge in [-0.05, 0) is 37.0 Å². The number of amides is 2. The first-order chi connectivity index (χ1) is 10.0. The summed E-state index contributed by atoms with van der Waals surface area (Å²) < 4.78 is 0. The molecule has 2 aliphatic rings. The quantitative estimate of drug-likeness (QED) is 0.607. The van der Waals surface area contributed by atoms with Crippen LogP contribution in [0.5, 0.6) is 0 Å². The van der Waals surface area contributed by atoms with Gasteiger partial charge < -0.3 is 0 Å². The van der Waals surface area contributed by atoms with E-state index in [0.29, 0.717) is 22.2 Å². The summed E-state index contributed by atoms with van der Waals surface area (Å²) in [5.74, 6) is -0.680. The van der Waals surface area contributed by atoms with Crippen LogP contribution in [-0.4, -0.2) is 11.8 Å². The van der Waals surface area contributed by atoms with Gasteiger partial charge in [-0.2, -0.15) is 0 Å². The minimum Gasteiger partial charge on any atom is -0.274 e. The van der Waals surface area contributed by atoms with Crippen LogP contribution in [0.15, 0.2) is 30.4 Å². The molecule has 0 spiro atoms. The fraction of sp³-hybridized carbons (Fsp3) is 0.375. The van der Waals surface area contributed by atoms with Crippen LogP contribution in [0, 0.1) is 17.8 Å². The van der Waals surface area contributed by atoms with Gasteiger partial charge >= 0.3 is 0 Å². The molecule has 0 saturated carbocycles. The Hall–Kier alpha value is -1.32. The molecule has 1 fully saturated rings. The third-order valence-electron chi connectivity index (χ3n) is 4.29. The Morgan fingerprint density at radius 1 is 1.14 bits per heavy atom. The topological polar surface area (TPSA) is 37.4 Å². The predicted octanol–water partition coefficient (Wildman–Crippen LogP) is 4.09. The number of halogens is 2. The molecular weight excluding hydrogens is 309 g/mol. The summed E-state index contributed by atoms with van der Waals surface area (Å²) in [6.07, 6.45) is 5.53. The molecule has 21 heavy (non-hydrogen) atoms. The third kappa shape index (κ3) is 2.39. The number of fused-ring (bicyclic) bond motifs is 1. The fourth-order valence-corrected chi connectivity index (χ4v) is 3.83. The van der Waals surface area contributed by atoms with Gasteiger partial charge in [-0.25, -0.2) is 4.90 Å². The maximum absolute atomic E-state index is 12.7. The van der Waals surface area contributed by atoms with Crippen molar-refractivity contribution in [3.05, 3.63) is 40.4 Å². The van der Waals surface area contributed by atoms with E-state index in [-0.39, 0.29) is 29.6 Å². The maximum Gasteiger partial charge on any atom is 0.238 e. The number of hydrogen-bond acceptors (Lipinski definition) is 2. The van der Waals surface area contributed by atoms with E-state index in [2.05, 4.69) is 6.08 Å². The van der Waals surface area contributed by atoms with Crippen LogP contribution in [0.4, 0.5) is 5.69 Å². The Labute approximate surface area is 133 Å². The van der Waals surface area contributed by atoms with Crippen molar-refractivity contribution < 1.29 is 9.59 Å². The standard InChI is InChI=1S/C16H15Cl2NO2/c1-2-9-4-3-5-13-14(9)16(21)19(15(13)20)12-7-10(17)6-11(18)8-12/h3-4,6-9,13-14H,2,5H2,1H3. The summed E-state index contributed by atoms with van der Waals surface area (Å²) in [5.41, 5.74) is 0.465. The molecule has 3 nitrogen and oxygen atoms in total. The first-order valence-corrected chi connectivity index (χ1v) is 7.79. The summed E-state index contributed by atoms with van der Waals surface area (Å²) >= 11 is 12.0. The van der Waals surface area contributed by atoms with Crippen molar-refractivity contribution in [3.8, 4) is 0 Å². The number of carbonyl (C=O) groups is 2. The molecule has 1 heterocycles. The van der Waals surface area contributed by atoms with E-state index in [1.54, 1.807) is 18.2 Å².